The summed E-state index contributed by atoms with van der Waals surface area (Å²) in [6, 6.07) is 37.4. The molecule has 0 bridgehead atoms. The molecule has 0 atom stereocenters. The van der Waals surface area contributed by atoms with Crippen molar-refractivity contribution in [2.45, 2.75) is 27.7 Å². The molecule has 9 nitrogen and oxygen atoms in total. The fourth-order valence-electron chi connectivity index (χ4n) is 4.65. The van der Waals surface area contributed by atoms with Crippen molar-refractivity contribution >= 4 is 55.8 Å². The van der Waals surface area contributed by atoms with Crippen LogP contribution in [0, 0.1) is 0 Å². The van der Waals surface area contributed by atoms with E-state index in [4.69, 9.17) is 34.0 Å². The molecule has 0 saturated heterocycles. The number of benzene rings is 6. The van der Waals surface area contributed by atoms with Gasteiger partial charge in [0.1, 0.15) is 17.2 Å². The summed E-state index contributed by atoms with van der Waals surface area (Å²) in [6.45, 7) is 5.30. The van der Waals surface area contributed by atoms with E-state index in [1.807, 2.05) is 97.1 Å². The van der Waals surface area contributed by atoms with Gasteiger partial charge < -0.3 is 24.4 Å². The third-order valence-electron chi connectivity index (χ3n) is 6.87. The molecule has 9 heteroatoms. The lowest BCUT2D eigenvalue weighted by Crippen LogP contribution is -1.98. The van der Waals surface area contributed by atoms with Crippen LogP contribution in [0.15, 0.2) is 115 Å². The van der Waals surface area contributed by atoms with Gasteiger partial charge >= 0.3 is 0 Å². The monoisotopic (exact) mass is 678 g/mol. The number of hydrogen-bond acceptors (Lipinski definition) is 7. The van der Waals surface area contributed by atoms with Crippen molar-refractivity contribution in [2.75, 3.05) is 21.3 Å². The summed E-state index contributed by atoms with van der Waals surface area (Å²) in [5.41, 5.74) is 1.41. The van der Waals surface area contributed by atoms with E-state index in [2.05, 4.69) is 18.2 Å². The van der Waals surface area contributed by atoms with Crippen LogP contribution in [0.2, 0.25) is 0 Å². The Morgan fingerprint density at radius 3 is 1.38 bits per heavy atom. The van der Waals surface area contributed by atoms with Gasteiger partial charge in [-0.1, -0.05) is 78.9 Å². The van der Waals surface area contributed by atoms with E-state index in [0.717, 1.165) is 52.5 Å². The standard InChI is InChI=1S/2C13H12O2.C11H10O.2C2H4O2/c1-9(14)10-3-4-12-8-13(15-2)6-5-11(12)7-10;1-9(14)13-11-6-4-3-5-10(11)7-8-12(13)15-2;1-12-11-7-6-9-4-2-3-5-10(9)8-11;2*1-2(3)4/h2*3-8H,1-2H3;2-8H,1H3;2*1H3,(H,3,4). The Balaban J connectivity index is 0.000000236. The maximum atomic E-state index is 11.6. The number of Topliss-reactive ketones (excluding diaryl/α,β-unsaturated/α-hetero) is 2. The van der Waals surface area contributed by atoms with Crippen LogP contribution in [0.5, 0.6) is 17.2 Å². The molecular formula is C41H42O9. The van der Waals surface area contributed by atoms with Gasteiger partial charge in [-0.2, -0.15) is 0 Å². The first-order valence-electron chi connectivity index (χ1n) is 15.4. The predicted octanol–water partition coefficient (Wildman–Crippen LogP) is 9.13. The molecular weight excluding hydrogens is 636 g/mol. The van der Waals surface area contributed by atoms with Crippen LogP contribution in [-0.4, -0.2) is 55.0 Å². The maximum Gasteiger partial charge on any atom is 0.300 e. The second kappa shape index (κ2) is 20.2. The van der Waals surface area contributed by atoms with Gasteiger partial charge in [0.2, 0.25) is 0 Å². The second-order valence-corrected chi connectivity index (χ2v) is 10.7. The molecule has 0 amide bonds. The van der Waals surface area contributed by atoms with Gasteiger partial charge in [-0.25, -0.2) is 0 Å². The van der Waals surface area contributed by atoms with Crippen LogP contribution >= 0.6 is 0 Å². The van der Waals surface area contributed by atoms with E-state index in [9.17, 15) is 9.59 Å². The van der Waals surface area contributed by atoms with Crippen molar-refractivity contribution in [1.29, 1.82) is 0 Å². The van der Waals surface area contributed by atoms with E-state index in [-0.39, 0.29) is 11.6 Å². The predicted molar refractivity (Wildman–Crippen MR) is 198 cm³/mol. The molecule has 0 aliphatic rings. The highest BCUT2D eigenvalue weighted by Gasteiger charge is 2.11. The average Bonchev–Trinajstić information content (AvgIpc) is 3.10. The number of fused-ring (bicyclic) bond motifs is 3. The van der Waals surface area contributed by atoms with Crippen LogP contribution in [0.25, 0.3) is 32.3 Å². The zero-order valence-electron chi connectivity index (χ0n) is 29.2. The highest BCUT2D eigenvalue weighted by molar-refractivity contribution is 6.09. The third-order valence-corrected chi connectivity index (χ3v) is 6.87. The number of ether oxygens (including phenoxy) is 3. The molecule has 0 heterocycles. The van der Waals surface area contributed by atoms with Crippen molar-refractivity contribution in [2.24, 2.45) is 0 Å². The first-order chi connectivity index (χ1) is 23.8. The number of hydrogen-bond donors (Lipinski definition) is 2. The Bertz CT molecular complexity index is 2040. The van der Waals surface area contributed by atoms with Crippen molar-refractivity contribution in [3.05, 3.63) is 126 Å². The Kier molecular flexibility index (Phi) is 16.2. The fourth-order valence-corrected chi connectivity index (χ4v) is 4.65. The molecule has 6 rings (SSSR count). The van der Waals surface area contributed by atoms with Gasteiger partial charge in [-0.3, -0.25) is 19.2 Å². The molecule has 0 aliphatic heterocycles. The summed E-state index contributed by atoms with van der Waals surface area (Å²) in [6.07, 6.45) is 0. The molecule has 0 aliphatic carbocycles. The summed E-state index contributed by atoms with van der Waals surface area (Å²) < 4.78 is 15.4. The number of aliphatic carboxylic acids is 2. The van der Waals surface area contributed by atoms with Gasteiger partial charge in [0.15, 0.2) is 11.6 Å². The van der Waals surface area contributed by atoms with Crippen LogP contribution in [0.4, 0.5) is 0 Å². The number of carbonyl (C=O) groups excluding carboxylic acids is 2. The van der Waals surface area contributed by atoms with E-state index < -0.39 is 11.9 Å². The fraction of sp³-hybridized carbons (Fsp3) is 0.171. The minimum absolute atomic E-state index is 0.0312. The first kappa shape index (κ1) is 40.0. The minimum Gasteiger partial charge on any atom is -0.497 e. The normalized spacial score (nSPS) is 9.58. The number of rotatable bonds is 5. The zero-order chi connectivity index (χ0) is 37.2. The molecule has 6 aromatic carbocycles. The number of methoxy groups -OCH3 is 3. The Hall–Kier alpha value is -6.22. The average molecular weight is 679 g/mol. The Labute approximate surface area is 291 Å². The topological polar surface area (TPSA) is 136 Å². The van der Waals surface area contributed by atoms with E-state index >= 15 is 0 Å². The summed E-state index contributed by atoms with van der Waals surface area (Å²) >= 11 is 0. The molecule has 0 aromatic heterocycles. The third kappa shape index (κ3) is 12.8. The van der Waals surface area contributed by atoms with Gasteiger partial charge in [0.05, 0.1) is 26.9 Å². The van der Waals surface area contributed by atoms with Gasteiger partial charge in [0, 0.05) is 19.4 Å². The summed E-state index contributed by atoms with van der Waals surface area (Å²) in [5.74, 6) is 0.837. The summed E-state index contributed by atoms with van der Waals surface area (Å²) in [4.78, 5) is 40.7. The maximum absolute atomic E-state index is 11.6. The number of ketones is 2. The largest absolute Gasteiger partial charge is 0.497 e. The van der Waals surface area contributed by atoms with Gasteiger partial charge in [0.25, 0.3) is 11.9 Å². The van der Waals surface area contributed by atoms with Crippen molar-refractivity contribution in [3.63, 3.8) is 0 Å². The molecule has 0 radical (unpaired) electrons. The molecule has 0 unspecified atom stereocenters. The number of carbonyl (C=O) groups is 4. The molecule has 6 aromatic rings. The van der Waals surface area contributed by atoms with Crippen molar-refractivity contribution in [1.82, 2.24) is 0 Å². The van der Waals surface area contributed by atoms with E-state index in [1.54, 1.807) is 35.2 Å². The van der Waals surface area contributed by atoms with Crippen LogP contribution in [0.1, 0.15) is 48.4 Å². The second-order valence-electron chi connectivity index (χ2n) is 10.7. The van der Waals surface area contributed by atoms with Crippen molar-refractivity contribution in [3.8, 4) is 17.2 Å². The first-order valence-corrected chi connectivity index (χ1v) is 15.4. The van der Waals surface area contributed by atoms with Crippen LogP contribution in [0.3, 0.4) is 0 Å². The highest BCUT2D eigenvalue weighted by Crippen LogP contribution is 2.28. The van der Waals surface area contributed by atoms with E-state index in [0.29, 0.717) is 11.3 Å². The summed E-state index contributed by atoms with van der Waals surface area (Å²) in [5, 5.41) is 21.4. The Morgan fingerprint density at radius 1 is 0.460 bits per heavy atom. The number of carboxylic acids is 2. The molecule has 260 valence electrons. The van der Waals surface area contributed by atoms with Crippen LogP contribution in [-0.2, 0) is 9.59 Å². The molecule has 2 N–H and O–H groups in total. The smallest absolute Gasteiger partial charge is 0.300 e. The lowest BCUT2D eigenvalue weighted by atomic mass is 10.0. The van der Waals surface area contributed by atoms with Gasteiger partial charge in [-0.05, 0) is 82.6 Å². The molecule has 0 spiro atoms. The zero-order valence-corrected chi connectivity index (χ0v) is 29.2. The highest BCUT2D eigenvalue weighted by atomic mass is 16.5. The lowest BCUT2D eigenvalue weighted by Gasteiger charge is -2.08. The summed E-state index contributed by atoms with van der Waals surface area (Å²) in [7, 11) is 4.91. The lowest BCUT2D eigenvalue weighted by molar-refractivity contribution is -0.135. The van der Waals surface area contributed by atoms with Gasteiger partial charge in [-0.15, -0.1) is 0 Å². The minimum atomic E-state index is -0.833. The van der Waals surface area contributed by atoms with Crippen LogP contribution < -0.4 is 14.2 Å². The Morgan fingerprint density at radius 2 is 0.880 bits per heavy atom. The van der Waals surface area contributed by atoms with Crippen molar-refractivity contribution < 1.29 is 43.6 Å². The molecule has 50 heavy (non-hydrogen) atoms. The molecule has 0 saturated carbocycles. The van der Waals surface area contributed by atoms with E-state index in [1.165, 1.54) is 10.8 Å². The number of carboxylic acid groups (broad SMARTS) is 2. The quantitative estimate of drug-likeness (QED) is 0.171. The SMILES string of the molecule is CC(=O)O.CC(=O)O.COc1ccc2cc(C(C)=O)ccc2c1.COc1ccc2ccccc2c1.COc1ccc2ccccc2c1C(C)=O. The molecule has 0 fully saturated rings.